The molecule has 1 heterocycles. The Morgan fingerprint density at radius 3 is 2.50 bits per heavy atom. The Bertz CT molecular complexity index is 616. The molecule has 122 valence electrons. The summed E-state index contributed by atoms with van der Waals surface area (Å²) in [7, 11) is -3.53. The highest BCUT2D eigenvalue weighted by Gasteiger charge is 2.33. The summed E-state index contributed by atoms with van der Waals surface area (Å²) in [4.78, 5) is 14.5. The zero-order valence-electron chi connectivity index (χ0n) is 13.4. The molecule has 1 aliphatic rings. The minimum absolute atomic E-state index is 0.124. The molecule has 1 aromatic carbocycles. The zero-order valence-corrected chi connectivity index (χ0v) is 14.2. The summed E-state index contributed by atoms with van der Waals surface area (Å²) in [6.45, 7) is 5.20. The van der Waals surface area contributed by atoms with E-state index in [-0.39, 0.29) is 5.91 Å². The van der Waals surface area contributed by atoms with Crippen molar-refractivity contribution in [1.29, 1.82) is 0 Å². The molecule has 1 fully saturated rings. The molecule has 0 unspecified atom stereocenters. The predicted octanol–water partition coefficient (Wildman–Crippen LogP) is 2.10. The van der Waals surface area contributed by atoms with Crippen LogP contribution < -0.4 is 4.31 Å². The van der Waals surface area contributed by atoms with Gasteiger partial charge in [-0.3, -0.25) is 9.10 Å². The molecule has 6 heteroatoms. The molecular formula is C16H24N2O3S. The third kappa shape index (κ3) is 3.80. The van der Waals surface area contributed by atoms with Gasteiger partial charge in [0.2, 0.25) is 15.9 Å². The van der Waals surface area contributed by atoms with Crippen molar-refractivity contribution in [3.8, 4) is 0 Å². The summed E-state index contributed by atoms with van der Waals surface area (Å²) in [6.07, 6.45) is 3.24. The van der Waals surface area contributed by atoms with Crippen LogP contribution in [0, 0.1) is 5.92 Å². The normalized spacial score (nSPS) is 20.5. The summed E-state index contributed by atoms with van der Waals surface area (Å²) >= 11 is 0. The van der Waals surface area contributed by atoms with Crippen LogP contribution in [0.4, 0.5) is 5.69 Å². The quantitative estimate of drug-likeness (QED) is 0.852. The second-order valence-electron chi connectivity index (χ2n) is 6.10. The van der Waals surface area contributed by atoms with E-state index in [4.69, 9.17) is 0 Å². The maximum atomic E-state index is 12.7. The molecule has 22 heavy (non-hydrogen) atoms. The van der Waals surface area contributed by atoms with Gasteiger partial charge < -0.3 is 4.90 Å². The minimum atomic E-state index is -3.53. The maximum absolute atomic E-state index is 12.7. The van der Waals surface area contributed by atoms with Crippen LogP contribution in [-0.2, 0) is 14.8 Å². The van der Waals surface area contributed by atoms with Crippen LogP contribution in [0.15, 0.2) is 30.3 Å². The van der Waals surface area contributed by atoms with Crippen molar-refractivity contribution in [3.05, 3.63) is 30.3 Å². The highest BCUT2D eigenvalue weighted by atomic mass is 32.2. The lowest BCUT2D eigenvalue weighted by atomic mass is 10.00. The van der Waals surface area contributed by atoms with Gasteiger partial charge in [0.1, 0.15) is 6.04 Å². The summed E-state index contributed by atoms with van der Waals surface area (Å²) in [5.74, 6) is 0.342. The molecule has 0 N–H and O–H groups in total. The zero-order chi connectivity index (χ0) is 16.3. The number of hydrogen-bond donors (Lipinski definition) is 0. The average molecular weight is 324 g/mol. The van der Waals surface area contributed by atoms with Gasteiger partial charge in [0.25, 0.3) is 0 Å². The minimum Gasteiger partial charge on any atom is -0.341 e. The van der Waals surface area contributed by atoms with Gasteiger partial charge in [0.15, 0.2) is 0 Å². The van der Waals surface area contributed by atoms with Crippen molar-refractivity contribution >= 4 is 21.6 Å². The summed E-state index contributed by atoms with van der Waals surface area (Å²) < 4.78 is 25.6. The van der Waals surface area contributed by atoms with Gasteiger partial charge in [0.05, 0.1) is 11.9 Å². The van der Waals surface area contributed by atoms with Gasteiger partial charge in [-0.05, 0) is 37.8 Å². The molecule has 0 radical (unpaired) electrons. The Morgan fingerprint density at radius 2 is 1.95 bits per heavy atom. The molecule has 1 amide bonds. The van der Waals surface area contributed by atoms with Crippen molar-refractivity contribution in [1.82, 2.24) is 4.90 Å². The summed E-state index contributed by atoms with van der Waals surface area (Å²) in [5, 5.41) is 0. The number of hydrogen-bond acceptors (Lipinski definition) is 3. The van der Waals surface area contributed by atoms with E-state index < -0.39 is 16.1 Å². The molecule has 2 rings (SSSR count). The second kappa shape index (κ2) is 6.69. The van der Waals surface area contributed by atoms with E-state index in [0.717, 1.165) is 19.1 Å². The monoisotopic (exact) mass is 324 g/mol. The number of amides is 1. The van der Waals surface area contributed by atoms with E-state index in [1.165, 1.54) is 4.31 Å². The third-order valence-corrected chi connectivity index (χ3v) is 5.29. The number of likely N-dealkylation sites (tertiary alicyclic amines) is 1. The van der Waals surface area contributed by atoms with E-state index in [9.17, 15) is 13.2 Å². The fraction of sp³-hybridized carbons (Fsp3) is 0.562. The van der Waals surface area contributed by atoms with E-state index in [0.29, 0.717) is 24.7 Å². The van der Waals surface area contributed by atoms with Gasteiger partial charge in [-0.25, -0.2) is 8.42 Å². The topological polar surface area (TPSA) is 57.7 Å². The highest BCUT2D eigenvalue weighted by molar-refractivity contribution is 7.92. The van der Waals surface area contributed by atoms with Crippen LogP contribution in [0.25, 0.3) is 0 Å². The SMILES string of the molecule is C[C@@H]1CCCN(C(=O)[C@@H](C)N(c2ccccc2)S(C)(=O)=O)C1. The molecular weight excluding hydrogens is 300 g/mol. The molecule has 1 aliphatic heterocycles. The molecule has 1 aromatic rings. The number of anilines is 1. The summed E-state index contributed by atoms with van der Waals surface area (Å²) in [6, 6.07) is 8.06. The Morgan fingerprint density at radius 1 is 1.32 bits per heavy atom. The first-order chi connectivity index (χ1) is 10.3. The van der Waals surface area contributed by atoms with E-state index in [1.807, 2.05) is 6.07 Å². The smallest absolute Gasteiger partial charge is 0.246 e. The highest BCUT2D eigenvalue weighted by Crippen LogP contribution is 2.23. The summed E-state index contributed by atoms with van der Waals surface area (Å²) in [5.41, 5.74) is 0.524. The molecule has 0 aliphatic carbocycles. The number of carbonyl (C=O) groups is 1. The molecule has 0 saturated carbocycles. The van der Waals surface area contributed by atoms with Crippen LogP contribution >= 0.6 is 0 Å². The largest absolute Gasteiger partial charge is 0.341 e. The van der Waals surface area contributed by atoms with E-state index in [1.54, 1.807) is 36.1 Å². The van der Waals surface area contributed by atoms with Crippen LogP contribution in [0.5, 0.6) is 0 Å². The number of benzene rings is 1. The number of carbonyl (C=O) groups excluding carboxylic acids is 1. The van der Waals surface area contributed by atoms with Crippen LogP contribution in [0.1, 0.15) is 26.7 Å². The van der Waals surface area contributed by atoms with Crippen molar-refractivity contribution in [2.24, 2.45) is 5.92 Å². The lowest BCUT2D eigenvalue weighted by Gasteiger charge is -2.36. The number of piperidine rings is 1. The molecule has 0 aromatic heterocycles. The van der Waals surface area contributed by atoms with Crippen molar-refractivity contribution in [3.63, 3.8) is 0 Å². The Balaban J connectivity index is 2.26. The number of sulfonamides is 1. The standard InChI is InChI=1S/C16H24N2O3S/c1-13-8-7-11-17(12-13)16(19)14(2)18(22(3,20)21)15-9-5-4-6-10-15/h4-6,9-10,13-14H,7-8,11-12H2,1-3H3/t13-,14-/m1/s1. The average Bonchev–Trinajstić information content (AvgIpc) is 2.46. The lowest BCUT2D eigenvalue weighted by Crippen LogP contribution is -2.51. The predicted molar refractivity (Wildman–Crippen MR) is 88.2 cm³/mol. The molecule has 2 atom stereocenters. The third-order valence-electron chi connectivity index (χ3n) is 4.05. The maximum Gasteiger partial charge on any atom is 0.246 e. The first-order valence-electron chi connectivity index (χ1n) is 7.64. The van der Waals surface area contributed by atoms with Crippen molar-refractivity contribution < 1.29 is 13.2 Å². The van der Waals surface area contributed by atoms with Gasteiger partial charge in [0, 0.05) is 13.1 Å². The van der Waals surface area contributed by atoms with Gasteiger partial charge in [-0.1, -0.05) is 25.1 Å². The van der Waals surface area contributed by atoms with Crippen molar-refractivity contribution in [2.75, 3.05) is 23.7 Å². The Labute approximate surface area is 133 Å². The van der Waals surface area contributed by atoms with Crippen molar-refractivity contribution in [2.45, 2.75) is 32.7 Å². The number of para-hydroxylation sites is 1. The first-order valence-corrected chi connectivity index (χ1v) is 9.49. The fourth-order valence-corrected chi connectivity index (χ4v) is 4.20. The van der Waals surface area contributed by atoms with Gasteiger partial charge >= 0.3 is 0 Å². The van der Waals surface area contributed by atoms with Crippen LogP contribution in [0.2, 0.25) is 0 Å². The van der Waals surface area contributed by atoms with Crippen LogP contribution in [-0.4, -0.2) is 44.6 Å². The van der Waals surface area contributed by atoms with Gasteiger partial charge in [-0.2, -0.15) is 0 Å². The Kier molecular flexibility index (Phi) is 5.11. The van der Waals surface area contributed by atoms with E-state index in [2.05, 4.69) is 6.92 Å². The molecule has 0 spiro atoms. The first kappa shape index (κ1) is 16.8. The lowest BCUT2D eigenvalue weighted by molar-refractivity contribution is -0.133. The molecule has 1 saturated heterocycles. The molecule has 0 bridgehead atoms. The Hall–Kier alpha value is -1.56. The molecule has 5 nitrogen and oxygen atoms in total. The number of nitrogens with zero attached hydrogens (tertiary/aromatic N) is 2. The van der Waals surface area contributed by atoms with E-state index >= 15 is 0 Å². The van der Waals surface area contributed by atoms with Crippen LogP contribution in [0.3, 0.4) is 0 Å². The fourth-order valence-electron chi connectivity index (χ4n) is 3.03. The van der Waals surface area contributed by atoms with Gasteiger partial charge in [-0.15, -0.1) is 0 Å². The number of rotatable bonds is 4. The second-order valence-corrected chi connectivity index (χ2v) is 7.96.